The Kier molecular flexibility index (Phi) is 5.58. The molecule has 4 aromatic rings. The summed E-state index contributed by atoms with van der Waals surface area (Å²) in [5.74, 6) is 0.962. The first-order valence-electron chi connectivity index (χ1n) is 9.74. The highest BCUT2D eigenvalue weighted by Gasteiger charge is 2.23. The van der Waals surface area contributed by atoms with Gasteiger partial charge in [0.1, 0.15) is 5.65 Å². The van der Waals surface area contributed by atoms with Crippen LogP contribution in [0.25, 0.3) is 5.65 Å². The molecule has 3 heterocycles. The molecule has 0 bridgehead atoms. The summed E-state index contributed by atoms with van der Waals surface area (Å²) in [6, 6.07) is 15.7. The molecule has 0 aliphatic rings. The quantitative estimate of drug-likeness (QED) is 0.471. The zero-order valence-electron chi connectivity index (χ0n) is 17.3. The van der Waals surface area contributed by atoms with Gasteiger partial charge in [-0.1, -0.05) is 36.4 Å². The van der Waals surface area contributed by atoms with Gasteiger partial charge in [-0.2, -0.15) is 0 Å². The van der Waals surface area contributed by atoms with E-state index in [4.69, 9.17) is 4.42 Å². The smallest absolute Gasteiger partial charge is 0.274 e. The van der Waals surface area contributed by atoms with Gasteiger partial charge in [-0.25, -0.2) is 4.98 Å². The number of pyridine rings is 1. The fourth-order valence-corrected chi connectivity index (χ4v) is 3.42. The van der Waals surface area contributed by atoms with E-state index in [0.717, 1.165) is 16.9 Å². The predicted molar refractivity (Wildman–Crippen MR) is 112 cm³/mol. The van der Waals surface area contributed by atoms with Crippen molar-refractivity contribution in [2.24, 2.45) is 0 Å². The number of aromatic nitrogens is 4. The second-order valence-corrected chi connectivity index (χ2v) is 7.37. The summed E-state index contributed by atoms with van der Waals surface area (Å²) in [6.07, 6.45) is 1.93. The largest absolute Gasteiger partial charge is 0.424 e. The number of carbonyl (C=O) groups is 1. The Hall–Kier alpha value is -3.52. The van der Waals surface area contributed by atoms with Gasteiger partial charge in [-0.3, -0.25) is 9.69 Å². The maximum atomic E-state index is 13.3. The van der Waals surface area contributed by atoms with Crippen molar-refractivity contribution in [3.05, 3.63) is 83.5 Å². The molecule has 0 N–H and O–H groups in total. The van der Waals surface area contributed by atoms with Gasteiger partial charge in [0.25, 0.3) is 5.91 Å². The summed E-state index contributed by atoms with van der Waals surface area (Å²) in [4.78, 5) is 21.6. The molecule has 0 aliphatic carbocycles. The summed E-state index contributed by atoms with van der Waals surface area (Å²) in [5, 5.41) is 7.93. The zero-order valence-corrected chi connectivity index (χ0v) is 17.3. The van der Waals surface area contributed by atoms with Crippen LogP contribution in [-0.2, 0) is 19.6 Å². The van der Waals surface area contributed by atoms with Gasteiger partial charge in [0, 0.05) is 33.3 Å². The third-order valence-electron chi connectivity index (χ3n) is 4.83. The Balaban J connectivity index is 1.60. The molecule has 8 heteroatoms. The number of amides is 1. The van der Waals surface area contributed by atoms with Crippen molar-refractivity contribution >= 4 is 11.6 Å². The van der Waals surface area contributed by atoms with Crippen LogP contribution in [-0.4, -0.2) is 49.4 Å². The number of benzene rings is 1. The maximum absolute atomic E-state index is 13.3. The third-order valence-corrected chi connectivity index (χ3v) is 4.83. The lowest BCUT2D eigenvalue weighted by atomic mass is 10.2. The van der Waals surface area contributed by atoms with Gasteiger partial charge in [-0.15, -0.1) is 10.2 Å². The molecule has 0 spiro atoms. The number of carbonyl (C=O) groups excluding carboxylic acids is 1. The molecule has 0 radical (unpaired) electrons. The fraction of sp³-hybridized carbons (Fsp3) is 0.273. The zero-order chi connectivity index (χ0) is 21.1. The molecule has 0 unspecified atom stereocenters. The first-order valence-corrected chi connectivity index (χ1v) is 9.74. The van der Waals surface area contributed by atoms with Crippen LogP contribution in [0.2, 0.25) is 0 Å². The number of aryl methyl sites for hydroxylation is 1. The lowest BCUT2D eigenvalue weighted by molar-refractivity contribution is 0.0777. The molecule has 1 aromatic carbocycles. The Labute approximate surface area is 174 Å². The third kappa shape index (κ3) is 4.23. The minimum atomic E-state index is -0.111. The van der Waals surface area contributed by atoms with Crippen molar-refractivity contribution in [2.45, 2.75) is 26.6 Å². The van der Waals surface area contributed by atoms with Gasteiger partial charge in [-0.05, 0) is 24.7 Å². The summed E-state index contributed by atoms with van der Waals surface area (Å²) in [5.41, 5.74) is 3.09. The number of imidazole rings is 1. The van der Waals surface area contributed by atoms with E-state index >= 15 is 0 Å². The number of hydrogen-bond acceptors (Lipinski definition) is 6. The predicted octanol–water partition coefficient (Wildman–Crippen LogP) is 2.93. The SMILES string of the molecule is Cc1nnc(CN(C)Cc2c(C(=O)N(C)Cc3ccccc3)nc3ccccn23)o1. The summed E-state index contributed by atoms with van der Waals surface area (Å²) < 4.78 is 7.44. The van der Waals surface area contributed by atoms with E-state index in [2.05, 4.69) is 15.2 Å². The van der Waals surface area contributed by atoms with Gasteiger partial charge in [0.2, 0.25) is 11.8 Å². The molecule has 0 aliphatic heterocycles. The minimum Gasteiger partial charge on any atom is -0.424 e. The van der Waals surface area contributed by atoms with Crippen molar-refractivity contribution in [1.82, 2.24) is 29.4 Å². The molecule has 0 atom stereocenters. The van der Waals surface area contributed by atoms with Gasteiger partial charge < -0.3 is 13.7 Å². The number of hydrogen-bond donors (Lipinski definition) is 0. The Bertz CT molecular complexity index is 1150. The second kappa shape index (κ2) is 8.46. The highest BCUT2D eigenvalue weighted by molar-refractivity contribution is 5.94. The van der Waals surface area contributed by atoms with E-state index in [1.165, 1.54) is 0 Å². The van der Waals surface area contributed by atoms with Crippen LogP contribution in [0.1, 0.15) is 33.5 Å². The second-order valence-electron chi connectivity index (χ2n) is 7.37. The Morgan fingerprint density at radius 1 is 1.00 bits per heavy atom. The Morgan fingerprint density at radius 2 is 1.77 bits per heavy atom. The summed E-state index contributed by atoms with van der Waals surface area (Å²) >= 11 is 0. The molecule has 3 aromatic heterocycles. The molecule has 0 saturated carbocycles. The molecule has 4 rings (SSSR count). The van der Waals surface area contributed by atoms with Crippen LogP contribution in [0.5, 0.6) is 0 Å². The van der Waals surface area contributed by atoms with Gasteiger partial charge in [0.05, 0.1) is 12.2 Å². The van der Waals surface area contributed by atoms with E-state index < -0.39 is 0 Å². The van der Waals surface area contributed by atoms with E-state index in [0.29, 0.717) is 37.1 Å². The van der Waals surface area contributed by atoms with Crippen molar-refractivity contribution in [1.29, 1.82) is 0 Å². The topological polar surface area (TPSA) is 79.8 Å². The van der Waals surface area contributed by atoms with Crippen molar-refractivity contribution in [3.63, 3.8) is 0 Å². The lowest BCUT2D eigenvalue weighted by Gasteiger charge is -2.19. The van der Waals surface area contributed by atoms with E-state index in [1.807, 2.05) is 71.1 Å². The van der Waals surface area contributed by atoms with Crippen molar-refractivity contribution in [2.75, 3.05) is 14.1 Å². The summed E-state index contributed by atoms with van der Waals surface area (Å²) in [6.45, 7) is 3.27. The van der Waals surface area contributed by atoms with Crippen LogP contribution < -0.4 is 0 Å². The minimum absolute atomic E-state index is 0.111. The van der Waals surface area contributed by atoms with Crippen molar-refractivity contribution < 1.29 is 9.21 Å². The molecule has 0 saturated heterocycles. The molecule has 0 fully saturated rings. The van der Waals surface area contributed by atoms with Crippen LogP contribution in [0.15, 0.2) is 59.1 Å². The maximum Gasteiger partial charge on any atom is 0.274 e. The van der Waals surface area contributed by atoms with Gasteiger partial charge in [0.15, 0.2) is 5.69 Å². The fourth-order valence-electron chi connectivity index (χ4n) is 3.42. The van der Waals surface area contributed by atoms with Crippen LogP contribution >= 0.6 is 0 Å². The Morgan fingerprint density at radius 3 is 2.50 bits per heavy atom. The molecular weight excluding hydrogens is 380 g/mol. The normalized spacial score (nSPS) is 11.3. The highest BCUT2D eigenvalue weighted by Crippen LogP contribution is 2.18. The van der Waals surface area contributed by atoms with E-state index in [9.17, 15) is 4.79 Å². The first-order chi connectivity index (χ1) is 14.5. The average molecular weight is 404 g/mol. The molecule has 8 nitrogen and oxygen atoms in total. The molecule has 30 heavy (non-hydrogen) atoms. The van der Waals surface area contributed by atoms with Crippen LogP contribution in [0, 0.1) is 6.92 Å². The number of nitrogens with zero attached hydrogens (tertiary/aromatic N) is 6. The van der Waals surface area contributed by atoms with Crippen LogP contribution in [0.3, 0.4) is 0 Å². The monoisotopic (exact) mass is 404 g/mol. The van der Waals surface area contributed by atoms with Crippen LogP contribution in [0.4, 0.5) is 0 Å². The molecule has 1 amide bonds. The van der Waals surface area contributed by atoms with E-state index in [1.54, 1.807) is 18.9 Å². The van der Waals surface area contributed by atoms with Gasteiger partial charge >= 0.3 is 0 Å². The number of rotatable bonds is 7. The standard InChI is InChI=1S/C22H24N6O2/c1-16-24-25-20(30-16)15-26(2)14-18-21(23-19-11-7-8-12-28(18)19)22(29)27(3)13-17-9-5-4-6-10-17/h4-12H,13-15H2,1-3H3. The first kappa shape index (κ1) is 19.8. The van der Waals surface area contributed by atoms with Crippen molar-refractivity contribution in [3.8, 4) is 0 Å². The molecular formula is C22H24N6O2. The molecule has 154 valence electrons. The summed E-state index contributed by atoms with van der Waals surface area (Å²) in [7, 11) is 3.75. The highest BCUT2D eigenvalue weighted by atomic mass is 16.4. The lowest BCUT2D eigenvalue weighted by Crippen LogP contribution is -2.28. The van der Waals surface area contributed by atoms with E-state index in [-0.39, 0.29) is 5.91 Å². The number of fused-ring (bicyclic) bond motifs is 1. The average Bonchev–Trinajstić information content (AvgIpc) is 3.31.